The average Bonchev–Trinajstić information content (AvgIpc) is 3.38. The Morgan fingerprint density at radius 1 is 0.205 bits per heavy atom. The van der Waals surface area contributed by atoms with Crippen molar-refractivity contribution in [2.75, 3.05) is 31.9 Å². The lowest BCUT2D eigenvalue weighted by molar-refractivity contribution is -0.926. The number of hydrogen-bond donors (Lipinski definition) is 0. The molecule has 0 aromatic heterocycles. The van der Waals surface area contributed by atoms with Crippen LogP contribution in [0.15, 0.2) is 0 Å². The van der Waals surface area contributed by atoms with Crippen molar-refractivity contribution >= 4 is 10.1 Å². The van der Waals surface area contributed by atoms with Crippen LogP contribution in [0, 0.1) is 0 Å². The lowest BCUT2D eigenvalue weighted by Crippen LogP contribution is -2.52. The van der Waals surface area contributed by atoms with Gasteiger partial charge in [0.05, 0.1) is 31.9 Å². The van der Waals surface area contributed by atoms with Crippen molar-refractivity contribution in [1.29, 1.82) is 0 Å². The normalized spacial score (nSPS) is 12.2. The second kappa shape index (κ2) is 61.1. The summed E-state index contributed by atoms with van der Waals surface area (Å²) in [6.07, 6.45) is 83.6. The van der Waals surface area contributed by atoms with E-state index in [1.54, 1.807) is 0 Å². The zero-order valence-electron chi connectivity index (χ0n) is 51.0. The first-order chi connectivity index (χ1) is 35.9. The van der Waals surface area contributed by atoms with E-state index in [1.165, 1.54) is 385 Å². The predicted molar refractivity (Wildman–Crippen MR) is 328 cm³/mol. The van der Waals surface area contributed by atoms with E-state index in [4.69, 9.17) is 0 Å². The highest BCUT2D eigenvalue weighted by Crippen LogP contribution is 2.22. The minimum atomic E-state index is -4.22. The highest BCUT2D eigenvalue weighted by Gasteiger charge is 2.27. The Hall–Kier alpha value is -0.130. The second-order valence-corrected chi connectivity index (χ2v) is 26.2. The van der Waals surface area contributed by atoms with Crippen LogP contribution in [-0.2, 0) is 10.1 Å². The number of nitrogens with zero attached hydrogens (tertiary/aromatic N) is 1. The van der Waals surface area contributed by atoms with Crippen LogP contribution in [0.3, 0.4) is 0 Å². The second-order valence-electron chi connectivity index (χ2n) is 24.7. The molecule has 0 rings (SSSR count). The Morgan fingerprint density at radius 2 is 0.329 bits per heavy atom. The first-order valence-corrected chi connectivity index (χ1v) is 36.3. The first kappa shape index (κ1) is 72.9. The van der Waals surface area contributed by atoms with Crippen molar-refractivity contribution < 1.29 is 17.5 Å². The van der Waals surface area contributed by atoms with Crippen LogP contribution in [0.2, 0.25) is 0 Å². The first-order valence-electron chi connectivity index (χ1n) is 34.7. The lowest BCUT2D eigenvalue weighted by Gasteiger charge is -2.40. The molecule has 0 aromatic carbocycles. The Kier molecular flexibility index (Phi) is 61.0. The van der Waals surface area contributed by atoms with E-state index in [2.05, 4.69) is 20.8 Å². The van der Waals surface area contributed by atoms with Gasteiger partial charge in [-0.25, -0.2) is 8.42 Å². The molecule has 0 heterocycles. The van der Waals surface area contributed by atoms with Crippen molar-refractivity contribution in [3.63, 3.8) is 0 Å². The molecule has 0 unspecified atom stereocenters. The monoisotopic (exact) mass is 1050 g/mol. The number of rotatable bonds is 66. The highest BCUT2D eigenvalue weighted by atomic mass is 32.2. The van der Waals surface area contributed by atoms with Gasteiger partial charge in [-0.1, -0.05) is 367 Å². The van der Waals surface area contributed by atoms with Crippen molar-refractivity contribution in [2.24, 2.45) is 0 Å². The van der Waals surface area contributed by atoms with E-state index in [0.717, 1.165) is 24.1 Å². The standard InChI is InChI=1S/C68H139NO3S/c1-4-7-10-13-16-19-22-25-28-31-34-37-40-43-46-49-52-55-58-61-64-69(67-68-73(70,71)72,65-62-59-56-53-50-47-44-41-38-35-32-29-26-23-20-17-14-11-8-5-2)66-63-60-57-54-51-48-45-42-39-36-33-30-27-24-21-18-15-12-9-6-3/h4-68H2,1-3H3. The van der Waals surface area contributed by atoms with Crippen LogP contribution in [0.1, 0.15) is 406 Å². The number of quaternary nitrogens is 1. The summed E-state index contributed by atoms with van der Waals surface area (Å²) in [7, 11) is -4.22. The fourth-order valence-electron chi connectivity index (χ4n) is 12.1. The van der Waals surface area contributed by atoms with Crippen molar-refractivity contribution in [1.82, 2.24) is 0 Å². The van der Waals surface area contributed by atoms with E-state index < -0.39 is 10.1 Å². The van der Waals surface area contributed by atoms with Gasteiger partial charge in [-0.2, -0.15) is 0 Å². The molecule has 0 spiro atoms. The fourth-order valence-corrected chi connectivity index (χ4v) is 12.7. The van der Waals surface area contributed by atoms with Gasteiger partial charge in [-0.05, 0) is 38.5 Å². The van der Waals surface area contributed by atoms with Gasteiger partial charge in [0.25, 0.3) is 0 Å². The van der Waals surface area contributed by atoms with Gasteiger partial charge >= 0.3 is 0 Å². The van der Waals surface area contributed by atoms with Crippen molar-refractivity contribution in [2.45, 2.75) is 406 Å². The molecule has 5 heteroatoms. The minimum Gasteiger partial charge on any atom is -0.748 e. The Labute approximate surface area is 463 Å². The molecule has 0 bridgehead atoms. The zero-order chi connectivity index (χ0) is 53.0. The summed E-state index contributed by atoms with van der Waals surface area (Å²) >= 11 is 0. The molecule has 0 saturated carbocycles. The zero-order valence-corrected chi connectivity index (χ0v) is 51.9. The topological polar surface area (TPSA) is 57.2 Å². The third kappa shape index (κ3) is 61.0. The number of hydrogen-bond acceptors (Lipinski definition) is 3. The van der Waals surface area contributed by atoms with Crippen LogP contribution in [0.4, 0.5) is 0 Å². The van der Waals surface area contributed by atoms with Crippen LogP contribution in [-0.4, -0.2) is 49.4 Å². The van der Waals surface area contributed by atoms with Crippen LogP contribution in [0.25, 0.3) is 0 Å². The maximum absolute atomic E-state index is 12.1. The molecule has 0 fully saturated rings. The van der Waals surface area contributed by atoms with Gasteiger partial charge in [0.2, 0.25) is 0 Å². The van der Waals surface area contributed by atoms with E-state index >= 15 is 0 Å². The van der Waals surface area contributed by atoms with E-state index in [0.29, 0.717) is 6.54 Å². The van der Waals surface area contributed by atoms with Crippen molar-refractivity contribution in [3.05, 3.63) is 0 Å². The SMILES string of the molecule is CCCCCCCCCCCCCCCCCCCCCC[N+](CCCCCCCCCCCCCCCCCCCCCC)(CCCCCCCCCCCCCCCCCCCCCC)CCS(=O)(=O)[O-]. The Bertz CT molecular complexity index is 1000. The molecule has 0 aliphatic heterocycles. The molecule has 0 aromatic rings. The molecule has 4 nitrogen and oxygen atoms in total. The third-order valence-electron chi connectivity index (χ3n) is 17.3. The molecule has 0 aliphatic carbocycles. The largest absolute Gasteiger partial charge is 0.748 e. The summed E-state index contributed by atoms with van der Waals surface area (Å²) in [5.74, 6) is -0.190. The number of unbranched alkanes of at least 4 members (excludes halogenated alkanes) is 57. The summed E-state index contributed by atoms with van der Waals surface area (Å²) in [4.78, 5) is 0. The van der Waals surface area contributed by atoms with E-state index in [1.807, 2.05) is 0 Å². The van der Waals surface area contributed by atoms with Crippen LogP contribution >= 0.6 is 0 Å². The third-order valence-corrected chi connectivity index (χ3v) is 18.0. The molecular weight excluding hydrogens is 911 g/mol. The molecule has 0 atom stereocenters. The molecule has 0 amide bonds. The maximum Gasteiger partial charge on any atom is 0.100 e. The molecule has 0 saturated heterocycles. The predicted octanol–water partition coefficient (Wildman–Crippen LogP) is 23.8. The quantitative estimate of drug-likeness (QED) is 0.0346. The molecule has 73 heavy (non-hydrogen) atoms. The van der Waals surface area contributed by atoms with Crippen LogP contribution in [0.5, 0.6) is 0 Å². The summed E-state index contributed by atoms with van der Waals surface area (Å²) < 4.78 is 37.1. The Balaban J connectivity index is 4.55. The molecular formula is C68H139NO3S. The minimum absolute atomic E-state index is 0.190. The maximum atomic E-state index is 12.1. The highest BCUT2D eigenvalue weighted by molar-refractivity contribution is 7.85. The van der Waals surface area contributed by atoms with Crippen molar-refractivity contribution in [3.8, 4) is 0 Å². The Morgan fingerprint density at radius 3 is 0.452 bits per heavy atom. The summed E-state index contributed by atoms with van der Waals surface area (Å²) in [6, 6.07) is 0. The van der Waals surface area contributed by atoms with Gasteiger partial charge in [-0.3, -0.25) is 0 Å². The van der Waals surface area contributed by atoms with Gasteiger partial charge in [0.1, 0.15) is 10.1 Å². The summed E-state index contributed by atoms with van der Waals surface area (Å²) in [5, 5.41) is 0. The lowest BCUT2D eigenvalue weighted by atomic mass is 10.0. The molecule has 0 aliphatic rings. The van der Waals surface area contributed by atoms with Crippen LogP contribution < -0.4 is 0 Å². The van der Waals surface area contributed by atoms with Gasteiger partial charge in [-0.15, -0.1) is 0 Å². The average molecular weight is 1050 g/mol. The smallest absolute Gasteiger partial charge is 0.100 e. The van der Waals surface area contributed by atoms with E-state index in [9.17, 15) is 13.0 Å². The van der Waals surface area contributed by atoms with Gasteiger partial charge in [0, 0.05) is 0 Å². The molecule has 440 valence electrons. The summed E-state index contributed by atoms with van der Waals surface area (Å²) in [6.45, 7) is 10.6. The van der Waals surface area contributed by atoms with E-state index in [-0.39, 0.29) is 5.75 Å². The molecule has 0 N–H and O–H groups in total. The van der Waals surface area contributed by atoms with Gasteiger partial charge < -0.3 is 9.04 Å². The summed E-state index contributed by atoms with van der Waals surface area (Å²) in [5.41, 5.74) is 0. The fraction of sp³-hybridized carbons (Fsp3) is 1.00. The van der Waals surface area contributed by atoms with Gasteiger partial charge in [0.15, 0.2) is 0 Å². The molecule has 0 radical (unpaired) electrons.